The van der Waals surface area contributed by atoms with Crippen LogP contribution in [0.2, 0.25) is 0 Å². The van der Waals surface area contributed by atoms with Gasteiger partial charge in [-0.1, -0.05) is 24.3 Å². The molecule has 98 valence electrons. The third-order valence-electron chi connectivity index (χ3n) is 2.58. The number of nitrogens with zero attached hydrogens (tertiary/aromatic N) is 1. The summed E-state index contributed by atoms with van der Waals surface area (Å²) in [5, 5.41) is 2.72. The van der Waals surface area contributed by atoms with Crippen molar-refractivity contribution in [1.29, 1.82) is 0 Å². The second-order valence-electron chi connectivity index (χ2n) is 4.00. The highest BCUT2D eigenvalue weighted by atomic mass is 16.2. The lowest BCUT2D eigenvalue weighted by Gasteiger charge is -2.06. The number of nitrogens with one attached hydrogen (secondary N) is 2. The smallest absolute Gasteiger partial charge is 0.271 e. The number of hydrogen-bond acceptors (Lipinski definition) is 4. The number of rotatable bonds is 4. The zero-order chi connectivity index (χ0) is 13.7. The van der Waals surface area contributed by atoms with E-state index >= 15 is 0 Å². The van der Waals surface area contributed by atoms with Gasteiger partial charge in [0.2, 0.25) is 0 Å². The van der Waals surface area contributed by atoms with Crippen LogP contribution in [-0.4, -0.2) is 15.9 Å². The minimum atomic E-state index is -0.341. The SMILES string of the molecule is NCc1cccc(CNC(=O)c2c[nH]c(=O)cn2)c1. The first kappa shape index (κ1) is 13.0. The van der Waals surface area contributed by atoms with Crippen LogP contribution in [0.4, 0.5) is 0 Å². The van der Waals surface area contributed by atoms with E-state index in [0.29, 0.717) is 13.1 Å². The molecule has 6 heteroatoms. The molecule has 6 nitrogen and oxygen atoms in total. The van der Waals surface area contributed by atoms with Crippen LogP contribution in [0.3, 0.4) is 0 Å². The van der Waals surface area contributed by atoms with Crippen LogP contribution < -0.4 is 16.6 Å². The van der Waals surface area contributed by atoms with Gasteiger partial charge in [0.05, 0.1) is 6.20 Å². The maximum Gasteiger partial charge on any atom is 0.271 e. The Hall–Kier alpha value is -2.47. The van der Waals surface area contributed by atoms with E-state index < -0.39 is 0 Å². The monoisotopic (exact) mass is 258 g/mol. The summed E-state index contributed by atoms with van der Waals surface area (Å²) in [6.45, 7) is 0.844. The Kier molecular flexibility index (Phi) is 4.04. The molecule has 0 aliphatic heterocycles. The summed E-state index contributed by atoms with van der Waals surface area (Å²) in [7, 11) is 0. The first-order valence-corrected chi connectivity index (χ1v) is 5.80. The Balaban J connectivity index is 2.00. The fraction of sp³-hybridized carbons (Fsp3) is 0.154. The molecule has 0 aliphatic rings. The molecule has 1 heterocycles. The Morgan fingerprint density at radius 3 is 2.84 bits per heavy atom. The van der Waals surface area contributed by atoms with E-state index in [2.05, 4.69) is 15.3 Å². The summed E-state index contributed by atoms with van der Waals surface area (Å²) in [6.07, 6.45) is 2.36. The van der Waals surface area contributed by atoms with Crippen molar-refractivity contribution in [1.82, 2.24) is 15.3 Å². The molecule has 1 amide bonds. The molecule has 4 N–H and O–H groups in total. The molecule has 0 unspecified atom stereocenters. The topological polar surface area (TPSA) is 101 Å². The maximum atomic E-state index is 11.8. The predicted molar refractivity (Wildman–Crippen MR) is 70.4 cm³/mol. The predicted octanol–water partition coefficient (Wildman–Crippen LogP) is 0.159. The lowest BCUT2D eigenvalue weighted by molar-refractivity contribution is 0.0945. The van der Waals surface area contributed by atoms with Crippen LogP contribution in [0, 0.1) is 0 Å². The molecule has 2 aromatic rings. The maximum absolute atomic E-state index is 11.8. The highest BCUT2D eigenvalue weighted by molar-refractivity contribution is 5.91. The van der Waals surface area contributed by atoms with E-state index in [4.69, 9.17) is 5.73 Å². The highest BCUT2D eigenvalue weighted by Gasteiger charge is 2.06. The molecule has 0 atom stereocenters. The molecule has 2 rings (SSSR count). The molecule has 19 heavy (non-hydrogen) atoms. The molecule has 0 fully saturated rings. The largest absolute Gasteiger partial charge is 0.347 e. The Labute approximate surface area is 109 Å². The minimum Gasteiger partial charge on any atom is -0.347 e. The quantitative estimate of drug-likeness (QED) is 0.727. The van der Waals surface area contributed by atoms with Gasteiger partial charge < -0.3 is 16.0 Å². The van der Waals surface area contributed by atoms with E-state index in [9.17, 15) is 9.59 Å². The van der Waals surface area contributed by atoms with Gasteiger partial charge in [-0.3, -0.25) is 9.59 Å². The van der Waals surface area contributed by atoms with E-state index in [1.807, 2.05) is 24.3 Å². The van der Waals surface area contributed by atoms with Gasteiger partial charge in [0, 0.05) is 19.3 Å². The number of amides is 1. The summed E-state index contributed by atoms with van der Waals surface area (Å²) >= 11 is 0. The Morgan fingerprint density at radius 1 is 1.37 bits per heavy atom. The van der Waals surface area contributed by atoms with Gasteiger partial charge in [-0.15, -0.1) is 0 Å². The van der Waals surface area contributed by atoms with Crippen molar-refractivity contribution in [3.63, 3.8) is 0 Å². The van der Waals surface area contributed by atoms with Gasteiger partial charge in [0.15, 0.2) is 0 Å². The van der Waals surface area contributed by atoms with E-state index in [-0.39, 0.29) is 17.2 Å². The van der Waals surface area contributed by atoms with Gasteiger partial charge in [-0.25, -0.2) is 4.98 Å². The number of H-pyrrole nitrogens is 1. The number of aromatic nitrogens is 2. The summed E-state index contributed by atoms with van der Waals surface area (Å²) in [4.78, 5) is 28.7. The van der Waals surface area contributed by atoms with Crippen LogP contribution >= 0.6 is 0 Å². The summed E-state index contributed by atoms with van der Waals surface area (Å²) in [6, 6.07) is 7.65. The first-order chi connectivity index (χ1) is 9.19. The number of carbonyl (C=O) groups is 1. The van der Waals surface area contributed by atoms with Crippen molar-refractivity contribution < 1.29 is 4.79 Å². The molecule has 1 aromatic heterocycles. The van der Waals surface area contributed by atoms with Crippen molar-refractivity contribution in [2.75, 3.05) is 0 Å². The van der Waals surface area contributed by atoms with Crippen LogP contribution in [0.1, 0.15) is 21.6 Å². The third kappa shape index (κ3) is 3.49. The Bertz CT molecular complexity index is 616. The van der Waals surface area contributed by atoms with Gasteiger partial charge in [0.25, 0.3) is 11.5 Å². The zero-order valence-electron chi connectivity index (χ0n) is 10.2. The lowest BCUT2D eigenvalue weighted by atomic mass is 10.1. The zero-order valence-corrected chi connectivity index (χ0v) is 10.2. The van der Waals surface area contributed by atoms with E-state index in [0.717, 1.165) is 17.3 Å². The fourth-order valence-electron chi connectivity index (χ4n) is 1.61. The molecule has 0 aliphatic carbocycles. The van der Waals surface area contributed by atoms with E-state index in [1.165, 1.54) is 6.20 Å². The summed E-state index contributed by atoms with van der Waals surface area (Å²) in [5.74, 6) is -0.339. The first-order valence-electron chi connectivity index (χ1n) is 5.80. The van der Waals surface area contributed by atoms with Crippen LogP contribution in [-0.2, 0) is 13.1 Å². The molecule has 0 saturated carbocycles. The van der Waals surface area contributed by atoms with Gasteiger partial charge >= 0.3 is 0 Å². The fourth-order valence-corrected chi connectivity index (χ4v) is 1.61. The average Bonchev–Trinajstić information content (AvgIpc) is 2.46. The summed E-state index contributed by atoms with van der Waals surface area (Å²) < 4.78 is 0. The average molecular weight is 258 g/mol. The Morgan fingerprint density at radius 2 is 2.16 bits per heavy atom. The minimum absolute atomic E-state index is 0.176. The van der Waals surface area contributed by atoms with E-state index in [1.54, 1.807) is 0 Å². The number of benzene rings is 1. The van der Waals surface area contributed by atoms with Crippen molar-refractivity contribution in [2.24, 2.45) is 5.73 Å². The normalized spacial score (nSPS) is 10.2. The van der Waals surface area contributed by atoms with Crippen molar-refractivity contribution in [3.05, 3.63) is 63.8 Å². The molecule has 0 bridgehead atoms. The van der Waals surface area contributed by atoms with Crippen LogP contribution in [0.25, 0.3) is 0 Å². The number of aromatic amines is 1. The van der Waals surface area contributed by atoms with Crippen LogP contribution in [0.5, 0.6) is 0 Å². The molecular weight excluding hydrogens is 244 g/mol. The molecule has 0 spiro atoms. The third-order valence-corrected chi connectivity index (χ3v) is 2.58. The number of nitrogens with two attached hydrogens (primary N) is 1. The van der Waals surface area contributed by atoms with Crippen molar-refractivity contribution >= 4 is 5.91 Å². The molecule has 0 saturated heterocycles. The second-order valence-corrected chi connectivity index (χ2v) is 4.00. The van der Waals surface area contributed by atoms with Crippen molar-refractivity contribution in [3.8, 4) is 0 Å². The van der Waals surface area contributed by atoms with Crippen LogP contribution in [0.15, 0.2) is 41.5 Å². The van der Waals surface area contributed by atoms with Gasteiger partial charge in [0.1, 0.15) is 5.69 Å². The molecule has 0 radical (unpaired) electrons. The highest BCUT2D eigenvalue weighted by Crippen LogP contribution is 2.04. The number of hydrogen-bond donors (Lipinski definition) is 3. The molecular formula is C13H14N4O2. The summed E-state index contributed by atoms with van der Waals surface area (Å²) in [5.41, 5.74) is 7.35. The second kappa shape index (κ2) is 5.92. The van der Waals surface area contributed by atoms with Gasteiger partial charge in [-0.05, 0) is 11.1 Å². The van der Waals surface area contributed by atoms with Crippen molar-refractivity contribution in [2.45, 2.75) is 13.1 Å². The lowest BCUT2D eigenvalue weighted by Crippen LogP contribution is -2.25. The van der Waals surface area contributed by atoms with Gasteiger partial charge in [-0.2, -0.15) is 0 Å². The molecule has 1 aromatic carbocycles. The number of carbonyl (C=O) groups excluding carboxylic acids is 1. The standard InChI is InChI=1S/C13H14N4O2/c14-5-9-2-1-3-10(4-9)6-17-13(19)11-7-16-12(18)8-15-11/h1-4,7-8H,5-6,14H2,(H,16,18)(H,17,19).